The number of benzene rings is 5. The Labute approximate surface area is 334 Å². The average molecular weight is 737 g/mol. The largest absolute Gasteiger partial charge is 0.353 e. The van der Waals surface area contributed by atoms with E-state index in [1.165, 1.54) is 11.1 Å². The molecule has 5 heterocycles. The minimum Gasteiger partial charge on any atom is -0.353 e. The van der Waals surface area contributed by atoms with Gasteiger partial charge in [-0.15, -0.1) is 0 Å². The summed E-state index contributed by atoms with van der Waals surface area (Å²) < 4.78 is 0. The Bertz CT molecular complexity index is 2820. The zero-order valence-corrected chi connectivity index (χ0v) is 33.3. The number of nitrogens with one attached hydrogen (secondary N) is 1. The number of hydrogen-bond donors (Lipinski definition) is 1. The Morgan fingerprint density at radius 1 is 0.333 bits per heavy atom. The fourth-order valence-electron chi connectivity index (χ4n) is 8.16. The smallest absolute Gasteiger partial charge is 0.0900 e. The van der Waals surface area contributed by atoms with Crippen molar-refractivity contribution in [3.63, 3.8) is 0 Å². The molecule has 0 fully saturated rings. The Balaban J connectivity index is 1.42. The van der Waals surface area contributed by atoms with Crippen LogP contribution in [0.2, 0.25) is 0 Å². The third-order valence-electron chi connectivity index (χ3n) is 11.4. The van der Waals surface area contributed by atoms with Crippen LogP contribution in [0.1, 0.15) is 52.7 Å². The van der Waals surface area contributed by atoms with Gasteiger partial charge in [0, 0.05) is 21.9 Å². The van der Waals surface area contributed by atoms with Crippen LogP contribution in [-0.4, -0.2) is 19.9 Å². The van der Waals surface area contributed by atoms with Crippen LogP contribution in [-0.2, 0) is 10.8 Å². The zero-order chi connectivity index (χ0) is 39.1. The molecule has 10 rings (SSSR count). The Hall–Kier alpha value is -6.65. The molecule has 4 heteroatoms. The molecule has 4 aromatic heterocycles. The van der Waals surface area contributed by atoms with Crippen LogP contribution in [0, 0.1) is 0 Å². The molecule has 0 saturated heterocycles. The van der Waals surface area contributed by atoms with Crippen molar-refractivity contribution in [2.24, 2.45) is 0 Å². The lowest BCUT2D eigenvalue weighted by Crippen LogP contribution is -2.13. The van der Waals surface area contributed by atoms with Gasteiger partial charge >= 0.3 is 0 Å². The second kappa shape index (κ2) is 13.0. The Kier molecular flexibility index (Phi) is 7.92. The van der Waals surface area contributed by atoms with Gasteiger partial charge in [-0.1, -0.05) is 133 Å². The molecule has 1 aliphatic heterocycles. The van der Waals surface area contributed by atoms with E-state index in [0.29, 0.717) is 0 Å². The Morgan fingerprint density at radius 3 is 1.02 bits per heavy atom. The molecule has 4 nitrogen and oxygen atoms in total. The molecule has 8 bridgehead atoms. The predicted octanol–water partition coefficient (Wildman–Crippen LogP) is 14.1. The number of rotatable bonds is 3. The summed E-state index contributed by atoms with van der Waals surface area (Å²) in [7, 11) is 0. The van der Waals surface area contributed by atoms with E-state index >= 15 is 0 Å². The number of nitrogens with zero attached hydrogens (tertiary/aromatic N) is 3. The number of fused-ring (bicyclic) bond motifs is 11. The standard InChI is InChI=1S/C53H44N4/c1-52(2,3)38-28-44-42-24-35(32-16-10-7-11-17-32)22-40-41-23-36(33-18-12-8-13-19-33)25-43(51(41)57-50(40)42)45-29-39(53(4,5)6)31-49(55-45)47-27-37(34-20-14-9-15-21-34)26-46(56-47)48(30-38)54-44/h7-31,57H,1-6H3. The lowest BCUT2D eigenvalue weighted by Gasteiger charge is -2.22. The summed E-state index contributed by atoms with van der Waals surface area (Å²) in [6.45, 7) is 13.6. The predicted molar refractivity (Wildman–Crippen MR) is 238 cm³/mol. The highest BCUT2D eigenvalue weighted by Crippen LogP contribution is 2.44. The molecule has 0 atom stereocenters. The molecule has 0 amide bonds. The van der Waals surface area contributed by atoms with E-state index in [9.17, 15) is 0 Å². The normalized spacial score (nSPS) is 12.4. The van der Waals surface area contributed by atoms with E-state index in [1.54, 1.807) is 0 Å². The first-order valence-corrected chi connectivity index (χ1v) is 19.8. The van der Waals surface area contributed by atoms with E-state index < -0.39 is 0 Å². The van der Waals surface area contributed by atoms with Crippen LogP contribution in [0.15, 0.2) is 152 Å². The van der Waals surface area contributed by atoms with Crippen molar-refractivity contribution in [3.8, 4) is 78.7 Å². The summed E-state index contributed by atoms with van der Waals surface area (Å²) in [6, 6.07) is 54.7. The SMILES string of the molecule is CC(C)(C)c1cc2nc(c1)-c1cc(-c3ccccc3)cc3c1[nH]c1c(cc(-c4ccccc4)cc13)-c1cc(C(C)(C)C)cc(n1)-c1cc(-c3ccccc3)cc-2n1. The number of hydrogen-bond acceptors (Lipinski definition) is 3. The zero-order valence-electron chi connectivity index (χ0n) is 33.3. The van der Waals surface area contributed by atoms with Crippen LogP contribution in [0.25, 0.3) is 100 Å². The third kappa shape index (κ3) is 6.22. The highest BCUT2D eigenvalue weighted by molar-refractivity contribution is 6.17. The van der Waals surface area contributed by atoms with Gasteiger partial charge in [0.15, 0.2) is 0 Å². The highest BCUT2D eigenvalue weighted by atomic mass is 14.8. The van der Waals surface area contributed by atoms with Gasteiger partial charge in [0.1, 0.15) is 0 Å². The Morgan fingerprint density at radius 2 is 0.649 bits per heavy atom. The first kappa shape index (κ1) is 34.8. The second-order valence-electron chi connectivity index (χ2n) is 17.5. The molecule has 0 saturated carbocycles. The fraction of sp³-hybridized carbons (Fsp3) is 0.151. The van der Waals surface area contributed by atoms with Crippen LogP contribution < -0.4 is 0 Å². The summed E-state index contributed by atoms with van der Waals surface area (Å²) in [4.78, 5) is 20.5. The molecule has 0 spiro atoms. The van der Waals surface area contributed by atoms with Crippen molar-refractivity contribution >= 4 is 21.8 Å². The molecule has 276 valence electrons. The lowest BCUT2D eigenvalue weighted by atomic mass is 9.85. The maximum atomic E-state index is 5.54. The topological polar surface area (TPSA) is 54.5 Å². The molecular weight excluding hydrogens is 693 g/mol. The third-order valence-corrected chi connectivity index (χ3v) is 11.4. The van der Waals surface area contributed by atoms with Crippen molar-refractivity contribution in [2.75, 3.05) is 0 Å². The van der Waals surface area contributed by atoms with E-state index in [4.69, 9.17) is 15.0 Å². The highest BCUT2D eigenvalue weighted by Gasteiger charge is 2.25. The van der Waals surface area contributed by atoms with E-state index in [1.807, 2.05) is 0 Å². The van der Waals surface area contributed by atoms with Crippen LogP contribution >= 0.6 is 0 Å². The van der Waals surface area contributed by atoms with Gasteiger partial charge in [0.2, 0.25) is 0 Å². The molecule has 9 aromatic rings. The van der Waals surface area contributed by atoms with Gasteiger partial charge in [-0.05, 0) is 116 Å². The number of aromatic nitrogens is 4. The number of H-pyrrole nitrogens is 1. The second-order valence-corrected chi connectivity index (χ2v) is 17.5. The molecule has 57 heavy (non-hydrogen) atoms. The molecule has 0 aliphatic carbocycles. The maximum absolute atomic E-state index is 5.54. The lowest BCUT2D eigenvalue weighted by molar-refractivity contribution is 0.589. The minimum absolute atomic E-state index is 0.149. The molecule has 1 aliphatic rings. The molecule has 1 N–H and O–H groups in total. The summed E-state index contributed by atoms with van der Waals surface area (Å²) in [5.41, 5.74) is 18.2. The fourth-order valence-corrected chi connectivity index (χ4v) is 8.16. The van der Waals surface area contributed by atoms with Gasteiger partial charge in [-0.2, -0.15) is 0 Å². The number of aromatic amines is 1. The molecule has 0 unspecified atom stereocenters. The first-order valence-electron chi connectivity index (χ1n) is 19.8. The van der Waals surface area contributed by atoms with Crippen LogP contribution in [0.5, 0.6) is 0 Å². The van der Waals surface area contributed by atoms with Gasteiger partial charge in [0.05, 0.1) is 45.2 Å². The first-order chi connectivity index (χ1) is 27.5. The maximum Gasteiger partial charge on any atom is 0.0900 e. The van der Waals surface area contributed by atoms with Crippen molar-refractivity contribution in [3.05, 3.63) is 163 Å². The van der Waals surface area contributed by atoms with E-state index in [-0.39, 0.29) is 10.8 Å². The van der Waals surface area contributed by atoms with Gasteiger partial charge < -0.3 is 4.98 Å². The average Bonchev–Trinajstić information content (AvgIpc) is 3.61. The van der Waals surface area contributed by atoms with Crippen molar-refractivity contribution < 1.29 is 0 Å². The van der Waals surface area contributed by atoms with Crippen molar-refractivity contribution in [1.29, 1.82) is 0 Å². The summed E-state index contributed by atoms with van der Waals surface area (Å²) in [5.74, 6) is 0. The van der Waals surface area contributed by atoms with Crippen LogP contribution in [0.3, 0.4) is 0 Å². The summed E-state index contributed by atoms with van der Waals surface area (Å²) in [5, 5.41) is 2.30. The summed E-state index contributed by atoms with van der Waals surface area (Å²) >= 11 is 0. The van der Waals surface area contributed by atoms with Gasteiger partial charge in [-0.3, -0.25) is 0 Å². The number of pyridine rings is 3. The van der Waals surface area contributed by atoms with Crippen molar-refractivity contribution in [1.82, 2.24) is 19.9 Å². The van der Waals surface area contributed by atoms with Gasteiger partial charge in [0.25, 0.3) is 0 Å². The monoisotopic (exact) mass is 736 g/mol. The molecule has 5 aromatic carbocycles. The quantitative estimate of drug-likeness (QED) is 0.196. The van der Waals surface area contributed by atoms with Crippen molar-refractivity contribution in [2.45, 2.75) is 52.4 Å². The molecule has 0 radical (unpaired) electrons. The van der Waals surface area contributed by atoms with E-state index in [2.05, 4.69) is 198 Å². The molecular formula is C53H44N4. The van der Waals surface area contributed by atoms with Gasteiger partial charge in [-0.25, -0.2) is 15.0 Å². The van der Waals surface area contributed by atoms with Crippen LogP contribution in [0.4, 0.5) is 0 Å². The summed E-state index contributed by atoms with van der Waals surface area (Å²) in [6.07, 6.45) is 0. The minimum atomic E-state index is -0.149. The van der Waals surface area contributed by atoms with E-state index in [0.717, 1.165) is 100 Å².